The first-order chi connectivity index (χ1) is 19.9. The van der Waals surface area contributed by atoms with E-state index in [2.05, 4.69) is 51.9 Å². The molecule has 0 spiro atoms. The largest absolute Gasteiger partial charge is 0.493 e. The van der Waals surface area contributed by atoms with Gasteiger partial charge in [-0.2, -0.15) is 13.2 Å². The summed E-state index contributed by atoms with van der Waals surface area (Å²) in [5.41, 5.74) is 2.49. The number of aliphatic carboxylic acids is 2. The number of nitrogens with zero attached hydrogens (tertiary/aromatic N) is 1. The zero-order valence-corrected chi connectivity index (χ0v) is 23.4. The maximum Gasteiger partial charge on any atom is 0.490 e. The molecule has 42 heavy (non-hydrogen) atoms. The van der Waals surface area contributed by atoms with E-state index in [1.165, 1.54) is 11.1 Å². The number of halogens is 3. The summed E-state index contributed by atoms with van der Waals surface area (Å²) in [5, 5.41) is 21.7. The van der Waals surface area contributed by atoms with Gasteiger partial charge in [0.15, 0.2) is 11.5 Å². The number of benzene rings is 2. The summed E-state index contributed by atoms with van der Waals surface area (Å²) in [6, 6.07) is 16.7. The number of fused-ring (bicyclic) bond motifs is 1. The molecule has 0 radical (unpaired) electrons. The molecule has 1 saturated carbocycles. The molecule has 2 amide bonds. The molecule has 0 aromatic heterocycles. The summed E-state index contributed by atoms with van der Waals surface area (Å²) in [5.74, 6) is -2.23. The summed E-state index contributed by atoms with van der Waals surface area (Å²) in [7, 11) is 3.31. The average Bonchev–Trinajstić information content (AvgIpc) is 3.31. The molecule has 0 unspecified atom stereocenters. The number of carbonyl (C=O) groups is 3. The number of methoxy groups -OCH3 is 2. The third kappa shape index (κ3) is 8.28. The van der Waals surface area contributed by atoms with Crippen LogP contribution in [0, 0.1) is 0 Å². The minimum atomic E-state index is -5.08. The van der Waals surface area contributed by atoms with E-state index in [0.717, 1.165) is 50.3 Å². The maximum absolute atomic E-state index is 12.4. The van der Waals surface area contributed by atoms with Gasteiger partial charge >= 0.3 is 24.1 Å². The van der Waals surface area contributed by atoms with Gasteiger partial charge in [-0.15, -0.1) is 0 Å². The summed E-state index contributed by atoms with van der Waals surface area (Å²) in [6.07, 6.45) is -1.51. The van der Waals surface area contributed by atoms with Crippen molar-refractivity contribution in [2.45, 2.75) is 62.3 Å². The van der Waals surface area contributed by atoms with Crippen molar-refractivity contribution in [1.82, 2.24) is 15.5 Å². The number of urea groups is 1. The third-order valence-corrected chi connectivity index (χ3v) is 7.76. The van der Waals surface area contributed by atoms with Crippen LogP contribution in [0.5, 0.6) is 11.5 Å². The van der Waals surface area contributed by atoms with E-state index >= 15 is 0 Å². The van der Waals surface area contributed by atoms with Gasteiger partial charge in [0.05, 0.1) is 20.6 Å². The molecule has 3 atom stereocenters. The molecule has 4 N–H and O–H groups in total. The van der Waals surface area contributed by atoms with Crippen LogP contribution < -0.4 is 20.1 Å². The van der Waals surface area contributed by atoms with E-state index in [0.29, 0.717) is 0 Å². The van der Waals surface area contributed by atoms with E-state index < -0.39 is 18.1 Å². The number of rotatable bonds is 9. The van der Waals surface area contributed by atoms with E-state index in [1.54, 1.807) is 14.2 Å². The summed E-state index contributed by atoms with van der Waals surface area (Å²) in [6.45, 7) is 1.95. The van der Waals surface area contributed by atoms with Gasteiger partial charge in [-0.25, -0.2) is 9.59 Å². The molecule has 13 heteroatoms. The van der Waals surface area contributed by atoms with Gasteiger partial charge < -0.3 is 30.3 Å². The van der Waals surface area contributed by atoms with Crippen LogP contribution in [0.4, 0.5) is 18.0 Å². The highest BCUT2D eigenvalue weighted by Crippen LogP contribution is 2.50. The molecule has 1 aliphatic carbocycles. The second kappa shape index (κ2) is 14.3. The molecular weight excluding hydrogens is 559 g/mol. The Morgan fingerprint density at radius 2 is 1.69 bits per heavy atom. The van der Waals surface area contributed by atoms with E-state index in [1.807, 2.05) is 12.1 Å². The third-order valence-electron chi connectivity index (χ3n) is 7.76. The second-order valence-corrected chi connectivity index (χ2v) is 10.3. The number of ether oxygens (including phenoxy) is 2. The Morgan fingerprint density at radius 1 is 1.02 bits per heavy atom. The Morgan fingerprint density at radius 3 is 2.29 bits per heavy atom. The predicted molar refractivity (Wildman–Crippen MR) is 147 cm³/mol. The average molecular weight is 596 g/mol. The number of hydrogen-bond acceptors (Lipinski definition) is 6. The normalized spacial score (nSPS) is 21.7. The lowest BCUT2D eigenvalue weighted by molar-refractivity contribution is -0.192. The molecule has 1 aliphatic heterocycles. The second-order valence-electron chi connectivity index (χ2n) is 10.3. The van der Waals surface area contributed by atoms with Crippen molar-refractivity contribution < 1.29 is 47.2 Å². The fourth-order valence-electron chi connectivity index (χ4n) is 5.79. The molecule has 0 bridgehead atoms. The Labute approximate surface area is 241 Å². The summed E-state index contributed by atoms with van der Waals surface area (Å²) in [4.78, 5) is 34.6. The fraction of sp³-hybridized carbons (Fsp3) is 0.483. The Balaban J connectivity index is 0.000000616. The molecule has 2 fully saturated rings. The van der Waals surface area contributed by atoms with Crippen LogP contribution in [-0.4, -0.2) is 78.7 Å². The molecule has 4 rings (SSSR count). The molecule has 2 aliphatic rings. The minimum Gasteiger partial charge on any atom is -0.493 e. The van der Waals surface area contributed by atoms with Crippen LogP contribution in [0.2, 0.25) is 0 Å². The Hall–Kier alpha value is -4.00. The molecule has 1 saturated heterocycles. The molecule has 1 heterocycles. The topological polar surface area (TPSA) is 137 Å². The Kier molecular flexibility index (Phi) is 11.0. The monoisotopic (exact) mass is 595 g/mol. The highest BCUT2D eigenvalue weighted by atomic mass is 19.4. The number of hydrogen-bond donors (Lipinski definition) is 4. The smallest absolute Gasteiger partial charge is 0.490 e. The van der Waals surface area contributed by atoms with Crippen molar-refractivity contribution in [3.8, 4) is 11.5 Å². The standard InChI is InChI=1S/C27H35N3O5.C2HF3O2/c1-34-22-9-8-20(16-23(22)35-2)27-12-10-21(29-26(33)28-14-11-25(31)32)17-24(27)30(15-13-27)18-19-6-4-3-5-7-19;3-2(4,5)1(6)7/h3-9,16,21,24H,10-15,17-18H2,1-2H3,(H,31,32)(H2,28,29,33);(H,6,7)/t21-,24+,27+;/m1./s1. The lowest BCUT2D eigenvalue weighted by Crippen LogP contribution is -2.53. The lowest BCUT2D eigenvalue weighted by Gasteiger charge is -2.45. The van der Waals surface area contributed by atoms with Crippen molar-refractivity contribution in [2.75, 3.05) is 27.3 Å². The number of carboxylic acids is 2. The number of likely N-dealkylation sites (tertiary alicyclic amines) is 1. The van der Waals surface area contributed by atoms with Crippen LogP contribution >= 0.6 is 0 Å². The first kappa shape index (κ1) is 32.5. The van der Waals surface area contributed by atoms with Gasteiger partial charge in [0, 0.05) is 30.6 Å². The van der Waals surface area contributed by atoms with Gasteiger partial charge in [-0.3, -0.25) is 9.69 Å². The first-order valence-electron chi connectivity index (χ1n) is 13.5. The van der Waals surface area contributed by atoms with Gasteiger partial charge in [-0.05, 0) is 55.5 Å². The first-order valence-corrected chi connectivity index (χ1v) is 13.5. The minimum absolute atomic E-state index is 0.0227. The molecular formula is C29H36F3N3O7. The number of nitrogens with one attached hydrogen (secondary N) is 2. The fourth-order valence-corrected chi connectivity index (χ4v) is 5.79. The number of carboxylic acid groups (broad SMARTS) is 2. The number of alkyl halides is 3. The predicted octanol–water partition coefficient (Wildman–Crippen LogP) is 4.18. The van der Waals surface area contributed by atoms with Crippen molar-refractivity contribution >= 4 is 18.0 Å². The summed E-state index contributed by atoms with van der Waals surface area (Å²) >= 11 is 0. The zero-order valence-electron chi connectivity index (χ0n) is 23.4. The van der Waals surface area contributed by atoms with Crippen LogP contribution in [0.25, 0.3) is 0 Å². The van der Waals surface area contributed by atoms with Crippen LogP contribution in [0.15, 0.2) is 48.5 Å². The highest BCUT2D eigenvalue weighted by Gasteiger charge is 2.51. The molecule has 230 valence electrons. The lowest BCUT2D eigenvalue weighted by atomic mass is 9.65. The maximum atomic E-state index is 12.4. The van der Waals surface area contributed by atoms with E-state index in [4.69, 9.17) is 24.5 Å². The van der Waals surface area contributed by atoms with Crippen LogP contribution in [0.3, 0.4) is 0 Å². The Bertz CT molecular complexity index is 1230. The van der Waals surface area contributed by atoms with Crippen LogP contribution in [-0.2, 0) is 21.5 Å². The number of carbonyl (C=O) groups excluding carboxylic acids is 1. The van der Waals surface area contributed by atoms with Gasteiger partial charge in [0.1, 0.15) is 0 Å². The van der Waals surface area contributed by atoms with Crippen molar-refractivity contribution in [3.63, 3.8) is 0 Å². The summed E-state index contributed by atoms with van der Waals surface area (Å²) < 4.78 is 42.8. The van der Waals surface area contributed by atoms with Gasteiger partial charge in [-0.1, -0.05) is 36.4 Å². The van der Waals surface area contributed by atoms with Gasteiger partial charge in [0.2, 0.25) is 0 Å². The van der Waals surface area contributed by atoms with E-state index in [9.17, 15) is 22.8 Å². The highest BCUT2D eigenvalue weighted by molar-refractivity contribution is 5.75. The van der Waals surface area contributed by atoms with Crippen molar-refractivity contribution in [2.24, 2.45) is 0 Å². The molecule has 2 aromatic carbocycles. The SMILES string of the molecule is COc1ccc([C@@]23CC[C@@H](NC(=O)NCCC(=O)O)C[C@@H]2N(Cc2ccccc2)CC3)cc1OC.O=C(O)C(F)(F)F. The number of amides is 2. The zero-order chi connectivity index (χ0) is 30.9. The molecule has 2 aromatic rings. The van der Waals surface area contributed by atoms with E-state index in [-0.39, 0.29) is 36.5 Å². The van der Waals surface area contributed by atoms with Gasteiger partial charge in [0.25, 0.3) is 0 Å². The van der Waals surface area contributed by atoms with Crippen LogP contribution in [0.1, 0.15) is 43.2 Å². The quantitative estimate of drug-likeness (QED) is 0.339. The van der Waals surface area contributed by atoms with Crippen molar-refractivity contribution in [3.05, 3.63) is 59.7 Å². The van der Waals surface area contributed by atoms with Crippen molar-refractivity contribution in [1.29, 1.82) is 0 Å². The molecule has 10 nitrogen and oxygen atoms in total.